The van der Waals surface area contributed by atoms with E-state index < -0.39 is 0 Å². The van der Waals surface area contributed by atoms with Crippen LogP contribution in [0.4, 0.5) is 11.5 Å². The standard InChI is InChI=1S/C34H42N4O2/c1-38(2)33-21-34(37-32-16-10-9-15-31(32)33)36-29-19-17-28(18-20-29)35-22-30(40-24-27-13-7-4-8-14-27)25-39-23-26-11-5-3-6-12-26/h3-16,21,28-30,35H,17-20,22-25H2,1-2H3,(H,36,37)/t28?,29?,30-/m0/s1. The maximum Gasteiger partial charge on any atom is 0.128 e. The summed E-state index contributed by atoms with van der Waals surface area (Å²) in [6.45, 7) is 2.53. The summed E-state index contributed by atoms with van der Waals surface area (Å²) < 4.78 is 12.4. The van der Waals surface area contributed by atoms with Gasteiger partial charge in [0.2, 0.25) is 0 Å². The minimum absolute atomic E-state index is 0.00831. The second kappa shape index (κ2) is 14.3. The van der Waals surface area contributed by atoms with Gasteiger partial charge in [-0.25, -0.2) is 4.98 Å². The molecule has 1 saturated carbocycles. The van der Waals surface area contributed by atoms with Gasteiger partial charge in [0.25, 0.3) is 0 Å². The van der Waals surface area contributed by atoms with Crippen LogP contribution in [-0.2, 0) is 22.7 Å². The van der Waals surface area contributed by atoms with Crippen molar-refractivity contribution in [3.05, 3.63) is 102 Å². The molecular weight excluding hydrogens is 496 g/mol. The van der Waals surface area contributed by atoms with E-state index in [2.05, 4.69) is 96.4 Å². The molecule has 6 heteroatoms. The molecule has 1 aliphatic rings. The van der Waals surface area contributed by atoms with Crippen LogP contribution in [0.25, 0.3) is 10.9 Å². The lowest BCUT2D eigenvalue weighted by molar-refractivity contribution is -0.0299. The van der Waals surface area contributed by atoms with Crippen LogP contribution >= 0.6 is 0 Å². The Kier molecular flexibility index (Phi) is 10.0. The average molecular weight is 539 g/mol. The number of anilines is 2. The van der Waals surface area contributed by atoms with Crippen molar-refractivity contribution >= 4 is 22.4 Å². The van der Waals surface area contributed by atoms with Gasteiger partial charge in [-0.15, -0.1) is 0 Å². The summed E-state index contributed by atoms with van der Waals surface area (Å²) >= 11 is 0. The second-order valence-electron chi connectivity index (χ2n) is 11.0. The number of benzene rings is 3. The van der Waals surface area contributed by atoms with Crippen LogP contribution in [0.2, 0.25) is 0 Å². The minimum Gasteiger partial charge on any atom is -0.377 e. The number of rotatable bonds is 13. The summed E-state index contributed by atoms with van der Waals surface area (Å²) in [7, 11) is 4.18. The van der Waals surface area contributed by atoms with Gasteiger partial charge in [0.05, 0.1) is 31.4 Å². The Balaban J connectivity index is 1.11. The normalized spacial score (nSPS) is 17.9. The Hall–Kier alpha value is -3.45. The highest BCUT2D eigenvalue weighted by atomic mass is 16.5. The number of hydrogen-bond acceptors (Lipinski definition) is 6. The van der Waals surface area contributed by atoms with Gasteiger partial charge in [-0.1, -0.05) is 78.9 Å². The van der Waals surface area contributed by atoms with Crippen molar-refractivity contribution in [1.82, 2.24) is 10.3 Å². The molecule has 1 atom stereocenters. The van der Waals surface area contributed by atoms with Crippen LogP contribution in [0, 0.1) is 0 Å². The molecule has 0 saturated heterocycles. The van der Waals surface area contributed by atoms with Crippen molar-refractivity contribution in [3.8, 4) is 0 Å². The highest BCUT2D eigenvalue weighted by Crippen LogP contribution is 2.29. The molecule has 40 heavy (non-hydrogen) atoms. The smallest absolute Gasteiger partial charge is 0.128 e. The predicted molar refractivity (Wildman–Crippen MR) is 165 cm³/mol. The van der Waals surface area contributed by atoms with Crippen molar-refractivity contribution < 1.29 is 9.47 Å². The number of hydrogen-bond donors (Lipinski definition) is 2. The molecule has 0 radical (unpaired) electrons. The van der Waals surface area contributed by atoms with Crippen LogP contribution in [0.3, 0.4) is 0 Å². The number of ether oxygens (including phenoxy) is 2. The SMILES string of the molecule is CN(C)c1cc(NC2CCC(NC[C@@H](COCc3ccccc3)OCc3ccccc3)CC2)nc2ccccc12. The molecule has 3 aromatic carbocycles. The Morgan fingerprint density at radius 1 is 0.800 bits per heavy atom. The number of aromatic nitrogens is 1. The molecule has 0 bridgehead atoms. The van der Waals surface area contributed by atoms with Crippen molar-refractivity contribution in [1.29, 1.82) is 0 Å². The van der Waals surface area contributed by atoms with E-state index in [1.807, 2.05) is 24.3 Å². The van der Waals surface area contributed by atoms with Crippen molar-refractivity contribution in [2.75, 3.05) is 37.5 Å². The first-order chi connectivity index (χ1) is 19.6. The number of pyridine rings is 1. The van der Waals surface area contributed by atoms with E-state index in [1.165, 1.54) is 22.2 Å². The second-order valence-corrected chi connectivity index (χ2v) is 11.0. The van der Waals surface area contributed by atoms with Crippen LogP contribution in [0.1, 0.15) is 36.8 Å². The fraction of sp³-hybridized carbons (Fsp3) is 0.382. The molecule has 1 aliphatic carbocycles. The molecule has 0 spiro atoms. The largest absolute Gasteiger partial charge is 0.377 e. The topological polar surface area (TPSA) is 58.7 Å². The molecule has 0 aliphatic heterocycles. The summed E-state index contributed by atoms with van der Waals surface area (Å²) in [4.78, 5) is 7.07. The molecule has 1 fully saturated rings. The van der Waals surface area contributed by atoms with Gasteiger partial charge in [0, 0.05) is 49.9 Å². The van der Waals surface area contributed by atoms with Gasteiger partial charge >= 0.3 is 0 Å². The predicted octanol–water partition coefficient (Wildman–Crippen LogP) is 6.42. The monoisotopic (exact) mass is 538 g/mol. The molecule has 1 heterocycles. The highest BCUT2D eigenvalue weighted by Gasteiger charge is 2.23. The molecule has 6 nitrogen and oxygen atoms in total. The third kappa shape index (κ3) is 8.04. The van der Waals surface area contributed by atoms with E-state index in [9.17, 15) is 0 Å². The lowest BCUT2D eigenvalue weighted by atomic mass is 9.91. The van der Waals surface area contributed by atoms with Crippen molar-refractivity contribution in [2.24, 2.45) is 0 Å². The maximum absolute atomic E-state index is 6.31. The zero-order valence-electron chi connectivity index (χ0n) is 23.8. The third-order valence-corrected chi connectivity index (χ3v) is 7.63. The Labute approximate surface area is 238 Å². The molecule has 210 valence electrons. The zero-order chi connectivity index (χ0) is 27.6. The van der Waals surface area contributed by atoms with Crippen molar-refractivity contribution in [2.45, 2.75) is 57.1 Å². The molecular formula is C34H42N4O2. The van der Waals surface area contributed by atoms with E-state index in [4.69, 9.17) is 14.5 Å². The molecule has 0 amide bonds. The summed E-state index contributed by atoms with van der Waals surface area (Å²) in [5, 5.41) is 8.69. The Morgan fingerprint density at radius 2 is 1.43 bits per heavy atom. The highest BCUT2D eigenvalue weighted by molar-refractivity contribution is 5.93. The molecule has 4 aromatic rings. The lowest BCUT2D eigenvalue weighted by Crippen LogP contribution is -2.42. The van der Waals surface area contributed by atoms with Gasteiger partial charge in [0.1, 0.15) is 5.82 Å². The van der Waals surface area contributed by atoms with E-state index >= 15 is 0 Å². The van der Waals surface area contributed by atoms with Gasteiger partial charge in [0.15, 0.2) is 0 Å². The summed E-state index contributed by atoms with van der Waals surface area (Å²) in [5.41, 5.74) is 4.59. The molecule has 0 unspecified atom stereocenters. The van der Waals surface area contributed by atoms with Crippen LogP contribution in [0.15, 0.2) is 91.0 Å². The zero-order valence-corrected chi connectivity index (χ0v) is 23.8. The van der Waals surface area contributed by atoms with Gasteiger partial charge in [-0.3, -0.25) is 0 Å². The number of para-hydroxylation sites is 1. The maximum atomic E-state index is 6.31. The van der Waals surface area contributed by atoms with Crippen LogP contribution < -0.4 is 15.5 Å². The van der Waals surface area contributed by atoms with Crippen molar-refractivity contribution in [3.63, 3.8) is 0 Å². The Morgan fingerprint density at radius 3 is 2.12 bits per heavy atom. The van der Waals surface area contributed by atoms with Crippen LogP contribution in [-0.4, -0.2) is 50.4 Å². The molecule has 5 rings (SSSR count). The average Bonchev–Trinajstić information content (AvgIpc) is 2.99. The van der Waals surface area contributed by atoms with E-state index in [1.54, 1.807) is 0 Å². The molecule has 2 N–H and O–H groups in total. The quantitative estimate of drug-likeness (QED) is 0.205. The molecule has 1 aromatic heterocycles. The van der Waals surface area contributed by atoms with Gasteiger partial charge in [-0.05, 0) is 42.9 Å². The van der Waals surface area contributed by atoms with E-state index in [0.717, 1.165) is 43.6 Å². The number of fused-ring (bicyclic) bond motifs is 1. The first kappa shape index (κ1) is 28.1. The Bertz CT molecular complexity index is 1310. The summed E-state index contributed by atoms with van der Waals surface area (Å²) in [5.74, 6) is 0.962. The summed E-state index contributed by atoms with van der Waals surface area (Å²) in [6, 6.07) is 32.1. The fourth-order valence-corrected chi connectivity index (χ4v) is 5.39. The van der Waals surface area contributed by atoms with E-state index in [0.29, 0.717) is 31.9 Å². The van der Waals surface area contributed by atoms with Crippen LogP contribution in [0.5, 0.6) is 0 Å². The number of nitrogens with one attached hydrogen (secondary N) is 2. The van der Waals surface area contributed by atoms with Gasteiger partial charge in [-0.2, -0.15) is 0 Å². The fourth-order valence-electron chi connectivity index (χ4n) is 5.39. The number of nitrogens with zero attached hydrogens (tertiary/aromatic N) is 2. The third-order valence-electron chi connectivity index (χ3n) is 7.63. The first-order valence-corrected chi connectivity index (χ1v) is 14.5. The summed E-state index contributed by atoms with van der Waals surface area (Å²) in [6.07, 6.45) is 4.47. The lowest BCUT2D eigenvalue weighted by Gasteiger charge is -2.31. The minimum atomic E-state index is -0.00831. The van der Waals surface area contributed by atoms with E-state index in [-0.39, 0.29) is 6.10 Å². The first-order valence-electron chi connectivity index (χ1n) is 14.5. The van der Waals surface area contributed by atoms with Gasteiger partial charge < -0.3 is 25.0 Å².